The van der Waals surface area contributed by atoms with Crippen LogP contribution in [0.4, 0.5) is 4.79 Å². The van der Waals surface area contributed by atoms with Crippen molar-refractivity contribution in [3.05, 3.63) is 0 Å². The van der Waals surface area contributed by atoms with Crippen molar-refractivity contribution >= 4 is 12.1 Å². The third kappa shape index (κ3) is 6.42. The lowest BCUT2D eigenvalue weighted by Gasteiger charge is -2.26. The second-order valence-corrected chi connectivity index (χ2v) is 5.83. The number of carboxylic acids is 1. The number of hydrogen-bond donors (Lipinski definition) is 2. The summed E-state index contributed by atoms with van der Waals surface area (Å²) in [6.45, 7) is 6.52. The molecule has 19 heavy (non-hydrogen) atoms. The Morgan fingerprint density at radius 1 is 1.37 bits per heavy atom. The van der Waals surface area contributed by atoms with Crippen LogP contribution in [0.15, 0.2) is 0 Å². The molecule has 0 bridgehead atoms. The number of carboxylic acid groups (broad SMARTS) is 1. The van der Waals surface area contributed by atoms with Gasteiger partial charge in [0.1, 0.15) is 11.6 Å². The van der Waals surface area contributed by atoms with E-state index in [2.05, 4.69) is 5.32 Å². The van der Waals surface area contributed by atoms with Gasteiger partial charge in [-0.3, -0.25) is 0 Å². The Hall–Kier alpha value is -1.30. The number of carbonyl (C=O) groups is 2. The summed E-state index contributed by atoms with van der Waals surface area (Å²) in [4.78, 5) is 22.8. The largest absolute Gasteiger partial charge is 0.480 e. The normalized spacial score (nSPS) is 18.7. The van der Waals surface area contributed by atoms with Gasteiger partial charge in [-0.05, 0) is 46.0 Å². The first-order valence-corrected chi connectivity index (χ1v) is 6.58. The van der Waals surface area contributed by atoms with Crippen LogP contribution < -0.4 is 5.32 Å². The molecule has 1 amide bonds. The van der Waals surface area contributed by atoms with E-state index in [0.29, 0.717) is 19.6 Å². The van der Waals surface area contributed by atoms with E-state index in [0.717, 1.165) is 12.8 Å². The van der Waals surface area contributed by atoms with Crippen LogP contribution in [-0.4, -0.2) is 42.0 Å². The molecule has 1 heterocycles. The lowest BCUT2D eigenvalue weighted by molar-refractivity contribution is -0.140. The van der Waals surface area contributed by atoms with Gasteiger partial charge in [-0.1, -0.05) is 0 Å². The Labute approximate surface area is 113 Å². The van der Waals surface area contributed by atoms with Crippen molar-refractivity contribution in [3.8, 4) is 0 Å². The van der Waals surface area contributed by atoms with Crippen molar-refractivity contribution in [1.29, 1.82) is 0 Å². The van der Waals surface area contributed by atoms with Crippen molar-refractivity contribution in [2.75, 3.05) is 13.2 Å². The Morgan fingerprint density at radius 3 is 2.42 bits per heavy atom. The summed E-state index contributed by atoms with van der Waals surface area (Å²) in [6.07, 6.45) is 1.39. The van der Waals surface area contributed by atoms with Crippen LogP contribution in [0.5, 0.6) is 0 Å². The molecule has 1 fully saturated rings. The summed E-state index contributed by atoms with van der Waals surface area (Å²) in [7, 11) is 0. The lowest BCUT2D eigenvalue weighted by atomic mass is 9.92. The van der Waals surface area contributed by atoms with E-state index >= 15 is 0 Å². The van der Waals surface area contributed by atoms with Gasteiger partial charge in [-0.15, -0.1) is 0 Å². The molecule has 110 valence electrons. The number of ether oxygens (including phenoxy) is 2. The van der Waals surface area contributed by atoms with Crippen LogP contribution in [0.3, 0.4) is 0 Å². The fraction of sp³-hybridized carbons (Fsp3) is 0.846. The monoisotopic (exact) mass is 273 g/mol. The zero-order valence-corrected chi connectivity index (χ0v) is 11.8. The van der Waals surface area contributed by atoms with Crippen LogP contribution in [0.2, 0.25) is 0 Å². The summed E-state index contributed by atoms with van der Waals surface area (Å²) in [5.41, 5.74) is -0.633. The Morgan fingerprint density at radius 2 is 1.95 bits per heavy atom. The van der Waals surface area contributed by atoms with E-state index in [4.69, 9.17) is 14.6 Å². The summed E-state index contributed by atoms with van der Waals surface area (Å²) in [6, 6.07) is -0.905. The van der Waals surface area contributed by atoms with Crippen molar-refractivity contribution < 1.29 is 24.2 Å². The smallest absolute Gasteiger partial charge is 0.408 e. The third-order valence-electron chi connectivity index (χ3n) is 2.90. The number of aliphatic carboxylic acids is 1. The van der Waals surface area contributed by atoms with Gasteiger partial charge in [0.2, 0.25) is 0 Å². The van der Waals surface area contributed by atoms with Gasteiger partial charge < -0.3 is 19.9 Å². The molecule has 0 aromatic carbocycles. The summed E-state index contributed by atoms with van der Waals surface area (Å²) >= 11 is 0. The van der Waals surface area contributed by atoms with Crippen LogP contribution >= 0.6 is 0 Å². The molecule has 2 N–H and O–H groups in total. The molecular formula is C13H23NO5. The lowest BCUT2D eigenvalue weighted by Crippen LogP contribution is -2.44. The van der Waals surface area contributed by atoms with Gasteiger partial charge in [0.05, 0.1) is 0 Å². The van der Waals surface area contributed by atoms with Crippen LogP contribution in [0.1, 0.15) is 40.0 Å². The molecule has 0 aliphatic carbocycles. The average molecular weight is 273 g/mol. The molecule has 0 aromatic rings. The summed E-state index contributed by atoms with van der Waals surface area (Å²) in [5, 5.41) is 11.6. The van der Waals surface area contributed by atoms with E-state index in [1.54, 1.807) is 20.8 Å². The minimum absolute atomic E-state index is 0.268. The second-order valence-electron chi connectivity index (χ2n) is 5.83. The molecule has 0 saturated carbocycles. The molecule has 1 unspecified atom stereocenters. The highest BCUT2D eigenvalue weighted by atomic mass is 16.6. The fourth-order valence-electron chi connectivity index (χ4n) is 1.99. The predicted molar refractivity (Wildman–Crippen MR) is 69.0 cm³/mol. The molecule has 6 nitrogen and oxygen atoms in total. The summed E-state index contributed by atoms with van der Waals surface area (Å²) < 4.78 is 10.3. The maximum Gasteiger partial charge on any atom is 0.408 e. The van der Waals surface area contributed by atoms with Gasteiger partial charge >= 0.3 is 12.1 Å². The first-order chi connectivity index (χ1) is 8.78. The molecule has 0 radical (unpaired) electrons. The van der Waals surface area contributed by atoms with Gasteiger partial charge in [-0.25, -0.2) is 9.59 Å². The third-order valence-corrected chi connectivity index (χ3v) is 2.90. The van der Waals surface area contributed by atoms with E-state index in [1.165, 1.54) is 0 Å². The SMILES string of the molecule is CC(C)(C)OC(=O)NC(CC1CCOCC1)C(=O)O. The maximum absolute atomic E-state index is 11.6. The Bertz CT molecular complexity index is 317. The first-order valence-electron chi connectivity index (χ1n) is 6.58. The molecule has 1 rings (SSSR count). The number of amides is 1. The van der Waals surface area contributed by atoms with Gasteiger partial charge in [0.15, 0.2) is 0 Å². The second kappa shape index (κ2) is 6.75. The number of rotatable bonds is 4. The van der Waals surface area contributed by atoms with Gasteiger partial charge in [-0.2, -0.15) is 0 Å². The van der Waals surface area contributed by atoms with Crippen molar-refractivity contribution in [3.63, 3.8) is 0 Å². The zero-order chi connectivity index (χ0) is 14.5. The van der Waals surface area contributed by atoms with Gasteiger partial charge in [0.25, 0.3) is 0 Å². The highest BCUT2D eigenvalue weighted by molar-refractivity contribution is 5.80. The number of carbonyl (C=O) groups excluding carboxylic acids is 1. The fourth-order valence-corrected chi connectivity index (χ4v) is 1.99. The molecule has 1 aliphatic heterocycles. The average Bonchev–Trinajstić information content (AvgIpc) is 2.26. The van der Waals surface area contributed by atoms with E-state index < -0.39 is 23.7 Å². The predicted octanol–water partition coefficient (Wildman–Crippen LogP) is 1.78. The highest BCUT2D eigenvalue weighted by Gasteiger charge is 2.27. The standard InChI is InChI=1S/C13H23NO5/c1-13(2,3)19-12(17)14-10(11(15)16)8-9-4-6-18-7-5-9/h9-10H,4-8H2,1-3H3,(H,14,17)(H,15,16). The minimum atomic E-state index is -1.03. The number of nitrogens with one attached hydrogen (secondary N) is 1. The highest BCUT2D eigenvalue weighted by Crippen LogP contribution is 2.20. The topological polar surface area (TPSA) is 84.9 Å². The van der Waals surface area contributed by atoms with Crippen molar-refractivity contribution in [1.82, 2.24) is 5.32 Å². The quantitative estimate of drug-likeness (QED) is 0.815. The van der Waals surface area contributed by atoms with E-state index in [-0.39, 0.29) is 5.92 Å². The molecule has 1 aliphatic rings. The Balaban J connectivity index is 2.48. The zero-order valence-electron chi connectivity index (χ0n) is 11.8. The first kappa shape index (κ1) is 15.8. The minimum Gasteiger partial charge on any atom is -0.480 e. The van der Waals surface area contributed by atoms with Crippen LogP contribution in [-0.2, 0) is 14.3 Å². The molecule has 6 heteroatoms. The molecule has 0 spiro atoms. The van der Waals surface area contributed by atoms with Gasteiger partial charge in [0, 0.05) is 13.2 Å². The number of alkyl carbamates (subject to hydrolysis) is 1. The van der Waals surface area contributed by atoms with Crippen molar-refractivity contribution in [2.45, 2.75) is 51.7 Å². The molecular weight excluding hydrogens is 250 g/mol. The van der Waals surface area contributed by atoms with E-state index in [1.807, 2.05) is 0 Å². The molecule has 1 saturated heterocycles. The Kier molecular flexibility index (Phi) is 5.60. The van der Waals surface area contributed by atoms with E-state index in [9.17, 15) is 9.59 Å². The molecule has 1 atom stereocenters. The van der Waals surface area contributed by atoms with Crippen molar-refractivity contribution in [2.24, 2.45) is 5.92 Å². The maximum atomic E-state index is 11.6. The number of hydrogen-bond acceptors (Lipinski definition) is 4. The molecule has 0 aromatic heterocycles. The van der Waals surface area contributed by atoms with Crippen LogP contribution in [0.25, 0.3) is 0 Å². The summed E-state index contributed by atoms with van der Waals surface area (Å²) in [5.74, 6) is -0.762. The van der Waals surface area contributed by atoms with Crippen LogP contribution in [0, 0.1) is 5.92 Å².